The lowest BCUT2D eigenvalue weighted by molar-refractivity contribution is -0.122. The molecule has 1 amide bonds. The van der Waals surface area contributed by atoms with Gasteiger partial charge in [0.15, 0.2) is 0 Å². The molecule has 1 heterocycles. The molecule has 4 nitrogen and oxygen atoms in total. The van der Waals surface area contributed by atoms with E-state index in [4.69, 9.17) is 5.73 Å². The van der Waals surface area contributed by atoms with Gasteiger partial charge in [-0.05, 0) is 6.42 Å². The molecular formula is C9H16ClN3OS. The van der Waals surface area contributed by atoms with Gasteiger partial charge < -0.3 is 11.1 Å². The highest BCUT2D eigenvalue weighted by Crippen LogP contribution is 2.03. The SMILES string of the molecule is CCCC(N)C(=O)NCc1nccs1.Cl. The van der Waals surface area contributed by atoms with Crippen molar-refractivity contribution in [3.05, 3.63) is 16.6 Å². The van der Waals surface area contributed by atoms with Crippen LogP contribution in [0.4, 0.5) is 0 Å². The first-order valence-electron chi connectivity index (χ1n) is 4.65. The van der Waals surface area contributed by atoms with E-state index in [0.717, 1.165) is 17.8 Å². The Kier molecular flexibility index (Phi) is 7.29. The van der Waals surface area contributed by atoms with E-state index in [-0.39, 0.29) is 24.4 Å². The number of aromatic nitrogens is 1. The maximum atomic E-state index is 11.4. The van der Waals surface area contributed by atoms with Crippen molar-refractivity contribution in [1.82, 2.24) is 10.3 Å². The van der Waals surface area contributed by atoms with E-state index in [9.17, 15) is 4.79 Å². The highest BCUT2D eigenvalue weighted by molar-refractivity contribution is 7.09. The van der Waals surface area contributed by atoms with Crippen LogP contribution in [-0.2, 0) is 11.3 Å². The Balaban J connectivity index is 0.00000196. The molecule has 1 atom stereocenters. The van der Waals surface area contributed by atoms with Crippen molar-refractivity contribution in [3.8, 4) is 0 Å². The number of hydrogen-bond donors (Lipinski definition) is 2. The highest BCUT2D eigenvalue weighted by Gasteiger charge is 2.11. The fourth-order valence-electron chi connectivity index (χ4n) is 1.08. The van der Waals surface area contributed by atoms with Crippen LogP contribution in [0, 0.1) is 0 Å². The predicted molar refractivity (Wildman–Crippen MR) is 64.1 cm³/mol. The second-order valence-corrected chi connectivity index (χ2v) is 4.02. The number of nitrogens with two attached hydrogens (primary N) is 1. The quantitative estimate of drug-likeness (QED) is 0.827. The van der Waals surface area contributed by atoms with E-state index in [1.54, 1.807) is 6.20 Å². The van der Waals surface area contributed by atoms with E-state index in [2.05, 4.69) is 10.3 Å². The summed E-state index contributed by atoms with van der Waals surface area (Å²) in [4.78, 5) is 15.4. The molecule has 0 saturated carbocycles. The first-order valence-corrected chi connectivity index (χ1v) is 5.53. The van der Waals surface area contributed by atoms with Crippen LogP contribution in [0.3, 0.4) is 0 Å². The lowest BCUT2D eigenvalue weighted by Gasteiger charge is -2.09. The standard InChI is InChI=1S/C9H15N3OS.ClH/c1-2-3-7(10)9(13)12-6-8-11-4-5-14-8;/h4-5,7H,2-3,6,10H2,1H3,(H,12,13);1H. The monoisotopic (exact) mass is 249 g/mol. The van der Waals surface area contributed by atoms with Gasteiger partial charge in [0.05, 0.1) is 12.6 Å². The number of nitrogens with one attached hydrogen (secondary N) is 1. The molecule has 15 heavy (non-hydrogen) atoms. The van der Waals surface area contributed by atoms with Crippen LogP contribution in [0.1, 0.15) is 24.8 Å². The zero-order valence-corrected chi connectivity index (χ0v) is 10.2. The zero-order chi connectivity index (χ0) is 10.4. The van der Waals surface area contributed by atoms with Crippen LogP contribution in [0.15, 0.2) is 11.6 Å². The van der Waals surface area contributed by atoms with Gasteiger partial charge in [-0.3, -0.25) is 4.79 Å². The van der Waals surface area contributed by atoms with Gasteiger partial charge in [-0.2, -0.15) is 0 Å². The normalized spacial score (nSPS) is 11.6. The summed E-state index contributed by atoms with van der Waals surface area (Å²) in [6.45, 7) is 2.49. The van der Waals surface area contributed by atoms with Crippen LogP contribution in [-0.4, -0.2) is 16.9 Å². The molecule has 6 heteroatoms. The summed E-state index contributed by atoms with van der Waals surface area (Å²) in [5, 5.41) is 5.54. The molecule has 0 aliphatic rings. The number of thiazole rings is 1. The Hall–Kier alpha value is -0.650. The van der Waals surface area contributed by atoms with Crippen molar-refractivity contribution in [2.24, 2.45) is 5.73 Å². The Morgan fingerprint density at radius 2 is 2.47 bits per heavy atom. The molecule has 0 aromatic carbocycles. The summed E-state index contributed by atoms with van der Waals surface area (Å²) < 4.78 is 0. The summed E-state index contributed by atoms with van der Waals surface area (Å²) in [6.07, 6.45) is 3.37. The van der Waals surface area contributed by atoms with Crippen LogP contribution in [0.25, 0.3) is 0 Å². The Labute approximate surface area is 99.7 Å². The third-order valence-electron chi connectivity index (χ3n) is 1.83. The molecule has 0 saturated heterocycles. The van der Waals surface area contributed by atoms with Gasteiger partial charge in [0.2, 0.25) is 5.91 Å². The molecule has 1 aromatic rings. The summed E-state index contributed by atoms with van der Waals surface area (Å²) in [5.74, 6) is -0.0953. The number of nitrogens with zero attached hydrogens (tertiary/aromatic N) is 1. The van der Waals surface area contributed by atoms with Gasteiger partial charge in [-0.25, -0.2) is 4.98 Å². The summed E-state index contributed by atoms with van der Waals surface area (Å²) in [6, 6.07) is -0.389. The third-order valence-corrected chi connectivity index (χ3v) is 2.61. The molecule has 0 bridgehead atoms. The van der Waals surface area contributed by atoms with Gasteiger partial charge >= 0.3 is 0 Å². The molecule has 0 fully saturated rings. The van der Waals surface area contributed by atoms with Crippen molar-refractivity contribution >= 4 is 29.7 Å². The van der Waals surface area contributed by atoms with Crippen molar-refractivity contribution in [1.29, 1.82) is 0 Å². The fraction of sp³-hybridized carbons (Fsp3) is 0.556. The van der Waals surface area contributed by atoms with Gasteiger partial charge in [0.25, 0.3) is 0 Å². The van der Waals surface area contributed by atoms with Gasteiger partial charge in [0, 0.05) is 11.6 Å². The van der Waals surface area contributed by atoms with Gasteiger partial charge in [-0.1, -0.05) is 13.3 Å². The second kappa shape index (κ2) is 7.62. The smallest absolute Gasteiger partial charge is 0.237 e. The molecule has 1 rings (SSSR count). The largest absolute Gasteiger partial charge is 0.348 e. The van der Waals surface area contributed by atoms with Crippen LogP contribution in [0.5, 0.6) is 0 Å². The number of carbonyl (C=O) groups excluding carboxylic acids is 1. The molecule has 0 spiro atoms. The van der Waals surface area contributed by atoms with E-state index in [1.807, 2.05) is 12.3 Å². The number of halogens is 1. The summed E-state index contributed by atoms with van der Waals surface area (Å²) in [5.41, 5.74) is 5.64. The van der Waals surface area contributed by atoms with Crippen molar-refractivity contribution < 1.29 is 4.79 Å². The maximum Gasteiger partial charge on any atom is 0.237 e. The van der Waals surface area contributed by atoms with E-state index < -0.39 is 0 Å². The number of hydrogen-bond acceptors (Lipinski definition) is 4. The number of amides is 1. The van der Waals surface area contributed by atoms with Crippen LogP contribution >= 0.6 is 23.7 Å². The van der Waals surface area contributed by atoms with Crippen molar-refractivity contribution in [2.45, 2.75) is 32.4 Å². The van der Waals surface area contributed by atoms with E-state index >= 15 is 0 Å². The Morgan fingerprint density at radius 3 is 3.00 bits per heavy atom. The molecule has 0 aliphatic heterocycles. The predicted octanol–water partition coefficient (Wildman–Crippen LogP) is 1.31. The van der Waals surface area contributed by atoms with E-state index in [1.165, 1.54) is 11.3 Å². The van der Waals surface area contributed by atoms with Gasteiger partial charge in [-0.15, -0.1) is 23.7 Å². The third kappa shape index (κ3) is 5.11. The minimum Gasteiger partial charge on any atom is -0.348 e. The molecule has 1 unspecified atom stereocenters. The van der Waals surface area contributed by atoms with E-state index in [0.29, 0.717) is 6.54 Å². The number of carbonyl (C=O) groups is 1. The minimum atomic E-state index is -0.389. The lowest BCUT2D eigenvalue weighted by Crippen LogP contribution is -2.40. The van der Waals surface area contributed by atoms with Crippen molar-refractivity contribution in [2.75, 3.05) is 0 Å². The number of rotatable bonds is 5. The molecule has 1 aromatic heterocycles. The second-order valence-electron chi connectivity index (χ2n) is 3.04. The minimum absolute atomic E-state index is 0. The Morgan fingerprint density at radius 1 is 1.73 bits per heavy atom. The van der Waals surface area contributed by atoms with Gasteiger partial charge in [0.1, 0.15) is 5.01 Å². The van der Waals surface area contributed by atoms with Crippen LogP contribution in [0.2, 0.25) is 0 Å². The molecule has 86 valence electrons. The first-order chi connectivity index (χ1) is 6.74. The summed E-state index contributed by atoms with van der Waals surface area (Å²) in [7, 11) is 0. The van der Waals surface area contributed by atoms with Crippen LogP contribution < -0.4 is 11.1 Å². The molecule has 0 aliphatic carbocycles. The molecule has 3 N–H and O–H groups in total. The zero-order valence-electron chi connectivity index (χ0n) is 8.60. The average Bonchev–Trinajstić information content (AvgIpc) is 2.67. The topological polar surface area (TPSA) is 68.0 Å². The maximum absolute atomic E-state index is 11.4. The Bertz CT molecular complexity index is 279. The lowest BCUT2D eigenvalue weighted by atomic mass is 10.2. The highest BCUT2D eigenvalue weighted by atomic mass is 35.5. The first kappa shape index (κ1) is 14.3. The summed E-state index contributed by atoms with van der Waals surface area (Å²) >= 11 is 1.52. The molecule has 0 radical (unpaired) electrons. The average molecular weight is 250 g/mol. The van der Waals surface area contributed by atoms with Crippen molar-refractivity contribution in [3.63, 3.8) is 0 Å². The molecular weight excluding hydrogens is 234 g/mol. The fourth-order valence-corrected chi connectivity index (χ4v) is 1.63.